The molecule has 1 saturated carbocycles. The third kappa shape index (κ3) is 3.95. The molecule has 3 aliphatic rings. The Hall–Kier alpha value is -2.65. The van der Waals surface area contributed by atoms with E-state index in [2.05, 4.69) is 10.3 Å². The molecular weight excluding hydrogens is 430 g/mol. The van der Waals surface area contributed by atoms with E-state index >= 15 is 0 Å². The predicted octanol–water partition coefficient (Wildman–Crippen LogP) is 2.49. The van der Waals surface area contributed by atoms with Crippen molar-refractivity contribution in [2.24, 2.45) is 5.92 Å². The number of aromatic nitrogens is 1. The molecule has 170 valence electrons. The Labute approximate surface area is 188 Å². The van der Waals surface area contributed by atoms with Crippen LogP contribution < -0.4 is 14.8 Å². The maximum absolute atomic E-state index is 13.8. The smallest absolute Gasteiger partial charge is 0.244 e. The second kappa shape index (κ2) is 8.71. The summed E-state index contributed by atoms with van der Waals surface area (Å²) in [7, 11) is -3.90. The standard InChI is InChI=1S/C23H27N3O5S/c27-23(25-15-17-6-3-4-10-24-17)20-13-16-5-1-2-7-19(16)26(20)32(28,29)18-8-9-21-22(14-18)31-12-11-30-21/h3-4,6,8-10,14,16,19-20H,1-2,5,7,11-13,15H2,(H,25,27). The van der Waals surface area contributed by atoms with Crippen LogP contribution >= 0.6 is 0 Å². The average Bonchev–Trinajstić information content (AvgIpc) is 3.23. The van der Waals surface area contributed by atoms with Crippen molar-refractivity contribution in [3.8, 4) is 11.5 Å². The lowest BCUT2D eigenvalue weighted by molar-refractivity contribution is -0.124. The second-order valence-corrected chi connectivity index (χ2v) is 10.4. The van der Waals surface area contributed by atoms with E-state index in [9.17, 15) is 13.2 Å². The number of rotatable bonds is 5. The van der Waals surface area contributed by atoms with Gasteiger partial charge in [-0.2, -0.15) is 4.31 Å². The normalized spacial score (nSPS) is 25.2. The Balaban J connectivity index is 1.43. The summed E-state index contributed by atoms with van der Waals surface area (Å²) in [5, 5.41) is 2.90. The van der Waals surface area contributed by atoms with E-state index in [4.69, 9.17) is 9.47 Å². The zero-order chi connectivity index (χ0) is 22.1. The molecule has 1 saturated heterocycles. The predicted molar refractivity (Wildman–Crippen MR) is 117 cm³/mol. The van der Waals surface area contributed by atoms with E-state index in [-0.39, 0.29) is 29.3 Å². The maximum atomic E-state index is 13.8. The van der Waals surface area contributed by atoms with Crippen molar-refractivity contribution in [3.63, 3.8) is 0 Å². The van der Waals surface area contributed by atoms with E-state index in [0.717, 1.165) is 31.4 Å². The van der Waals surface area contributed by atoms with Gasteiger partial charge in [-0.1, -0.05) is 18.9 Å². The quantitative estimate of drug-likeness (QED) is 0.741. The van der Waals surface area contributed by atoms with Crippen LogP contribution in [-0.2, 0) is 21.4 Å². The monoisotopic (exact) mass is 457 g/mol. The fraction of sp³-hybridized carbons (Fsp3) is 0.478. The van der Waals surface area contributed by atoms with Crippen molar-refractivity contribution in [2.75, 3.05) is 13.2 Å². The van der Waals surface area contributed by atoms with Crippen LogP contribution in [0.15, 0.2) is 47.5 Å². The number of hydrogen-bond donors (Lipinski definition) is 1. The van der Waals surface area contributed by atoms with Crippen LogP contribution in [0.3, 0.4) is 0 Å². The highest BCUT2D eigenvalue weighted by Crippen LogP contribution is 2.43. The van der Waals surface area contributed by atoms with Crippen molar-refractivity contribution >= 4 is 15.9 Å². The number of benzene rings is 1. The van der Waals surface area contributed by atoms with Crippen molar-refractivity contribution in [1.82, 2.24) is 14.6 Å². The molecule has 0 spiro atoms. The molecule has 3 heterocycles. The minimum atomic E-state index is -3.90. The fourth-order valence-electron chi connectivity index (χ4n) is 5.09. The molecule has 1 amide bonds. The lowest BCUT2D eigenvalue weighted by atomic mass is 9.85. The van der Waals surface area contributed by atoms with Gasteiger partial charge < -0.3 is 14.8 Å². The molecular formula is C23H27N3O5S. The third-order valence-electron chi connectivity index (χ3n) is 6.59. The number of hydrogen-bond acceptors (Lipinski definition) is 6. The first-order valence-electron chi connectivity index (χ1n) is 11.1. The first kappa shape index (κ1) is 21.2. The zero-order valence-corrected chi connectivity index (χ0v) is 18.6. The molecule has 1 aliphatic carbocycles. The summed E-state index contributed by atoms with van der Waals surface area (Å²) in [6.07, 6.45) is 5.98. The van der Waals surface area contributed by atoms with Gasteiger partial charge in [-0.3, -0.25) is 9.78 Å². The van der Waals surface area contributed by atoms with Crippen molar-refractivity contribution in [1.29, 1.82) is 0 Å². The van der Waals surface area contributed by atoms with Gasteiger partial charge in [-0.05, 0) is 49.4 Å². The Bertz CT molecular complexity index is 1090. The van der Waals surface area contributed by atoms with Crippen LogP contribution in [0, 0.1) is 5.92 Å². The molecule has 3 atom stereocenters. The average molecular weight is 458 g/mol. The Morgan fingerprint density at radius 2 is 1.91 bits per heavy atom. The van der Waals surface area contributed by atoms with E-state index < -0.39 is 16.1 Å². The number of carbonyl (C=O) groups excluding carboxylic acids is 1. The lowest BCUT2D eigenvalue weighted by Gasteiger charge is -2.33. The van der Waals surface area contributed by atoms with Crippen molar-refractivity contribution < 1.29 is 22.7 Å². The molecule has 5 rings (SSSR count). The highest BCUT2D eigenvalue weighted by atomic mass is 32.2. The van der Waals surface area contributed by atoms with Crippen molar-refractivity contribution in [2.45, 2.75) is 55.6 Å². The lowest BCUT2D eigenvalue weighted by Crippen LogP contribution is -2.49. The summed E-state index contributed by atoms with van der Waals surface area (Å²) in [5.41, 5.74) is 0.734. The van der Waals surface area contributed by atoms with Crippen LogP contribution in [0.5, 0.6) is 11.5 Å². The summed E-state index contributed by atoms with van der Waals surface area (Å²) in [4.78, 5) is 17.6. The number of nitrogens with one attached hydrogen (secondary N) is 1. The summed E-state index contributed by atoms with van der Waals surface area (Å²) in [5.74, 6) is 0.886. The minimum absolute atomic E-state index is 0.135. The van der Waals surface area contributed by atoms with Gasteiger partial charge >= 0.3 is 0 Å². The van der Waals surface area contributed by atoms with Gasteiger partial charge in [-0.15, -0.1) is 0 Å². The number of nitrogens with zero attached hydrogens (tertiary/aromatic N) is 2. The first-order chi connectivity index (χ1) is 15.5. The number of amides is 1. The van der Waals surface area contributed by atoms with Crippen LogP contribution in [0.2, 0.25) is 0 Å². The van der Waals surface area contributed by atoms with Gasteiger partial charge in [0.2, 0.25) is 15.9 Å². The molecule has 1 N–H and O–H groups in total. The number of sulfonamides is 1. The molecule has 0 radical (unpaired) electrons. The molecule has 0 bridgehead atoms. The summed E-state index contributed by atoms with van der Waals surface area (Å²) in [6.45, 7) is 1.08. The highest BCUT2D eigenvalue weighted by molar-refractivity contribution is 7.89. The number of pyridine rings is 1. The van der Waals surface area contributed by atoms with Crippen LogP contribution in [0.1, 0.15) is 37.8 Å². The second-order valence-electron chi connectivity index (χ2n) is 8.54. The molecule has 2 fully saturated rings. The Morgan fingerprint density at radius 1 is 1.09 bits per heavy atom. The van der Waals surface area contributed by atoms with Gasteiger partial charge in [0.1, 0.15) is 19.3 Å². The van der Waals surface area contributed by atoms with Crippen molar-refractivity contribution in [3.05, 3.63) is 48.3 Å². The van der Waals surface area contributed by atoms with Crippen LogP contribution in [0.25, 0.3) is 0 Å². The Morgan fingerprint density at radius 3 is 2.72 bits per heavy atom. The summed E-state index contributed by atoms with van der Waals surface area (Å²) >= 11 is 0. The molecule has 2 aliphatic heterocycles. The minimum Gasteiger partial charge on any atom is -0.486 e. The first-order valence-corrected chi connectivity index (χ1v) is 12.6. The number of fused-ring (bicyclic) bond motifs is 2. The summed E-state index contributed by atoms with van der Waals surface area (Å²) in [6, 6.07) is 9.30. The van der Waals surface area contributed by atoms with Gasteiger partial charge in [-0.25, -0.2) is 8.42 Å². The molecule has 9 heteroatoms. The molecule has 1 aromatic heterocycles. The van der Waals surface area contributed by atoms with E-state index in [0.29, 0.717) is 31.1 Å². The zero-order valence-electron chi connectivity index (χ0n) is 17.8. The topological polar surface area (TPSA) is 97.8 Å². The summed E-state index contributed by atoms with van der Waals surface area (Å²) < 4.78 is 40.2. The molecule has 3 unspecified atom stereocenters. The van der Waals surface area contributed by atoms with Crippen LogP contribution in [-0.4, -0.2) is 48.9 Å². The largest absolute Gasteiger partial charge is 0.486 e. The molecule has 8 nitrogen and oxygen atoms in total. The molecule has 2 aromatic rings. The SMILES string of the molecule is O=C(NCc1ccccn1)C1CC2CCCCC2N1S(=O)(=O)c1ccc2c(c1)OCCO2. The van der Waals surface area contributed by atoms with Gasteiger partial charge in [0, 0.05) is 18.3 Å². The van der Waals surface area contributed by atoms with E-state index in [1.807, 2.05) is 18.2 Å². The maximum Gasteiger partial charge on any atom is 0.244 e. The third-order valence-corrected chi connectivity index (χ3v) is 8.52. The van der Waals surface area contributed by atoms with E-state index in [1.165, 1.54) is 10.4 Å². The molecule has 1 aromatic carbocycles. The molecule has 32 heavy (non-hydrogen) atoms. The van der Waals surface area contributed by atoms with Crippen LogP contribution in [0.4, 0.5) is 0 Å². The van der Waals surface area contributed by atoms with E-state index in [1.54, 1.807) is 18.3 Å². The van der Waals surface area contributed by atoms with Gasteiger partial charge in [0.15, 0.2) is 11.5 Å². The van der Waals surface area contributed by atoms with Gasteiger partial charge in [0.25, 0.3) is 0 Å². The number of carbonyl (C=O) groups is 1. The fourth-order valence-corrected chi connectivity index (χ4v) is 6.98. The highest BCUT2D eigenvalue weighted by Gasteiger charge is 2.51. The number of ether oxygens (including phenoxy) is 2. The Kier molecular flexibility index (Phi) is 5.77. The van der Waals surface area contributed by atoms with Gasteiger partial charge in [0.05, 0.1) is 17.1 Å².